The predicted octanol–water partition coefficient (Wildman–Crippen LogP) is 1.24. The molecule has 0 bridgehead atoms. The first kappa shape index (κ1) is 10.5. The molecule has 4 nitrogen and oxygen atoms in total. The topological polar surface area (TPSA) is 50.3 Å². The number of sulfonamides is 1. The van der Waals surface area contributed by atoms with E-state index in [0.29, 0.717) is 5.82 Å². The van der Waals surface area contributed by atoms with Crippen molar-refractivity contribution >= 4 is 31.8 Å². The van der Waals surface area contributed by atoms with Gasteiger partial charge in [0.1, 0.15) is 5.82 Å². The van der Waals surface area contributed by atoms with Gasteiger partial charge in [0.25, 0.3) is 0 Å². The van der Waals surface area contributed by atoms with Crippen molar-refractivity contribution in [3.63, 3.8) is 0 Å². The molecule has 1 heterocycles. The van der Waals surface area contributed by atoms with Gasteiger partial charge in [0.15, 0.2) is 0 Å². The first-order chi connectivity index (χ1) is 5.91. The molecule has 0 aliphatic rings. The molecule has 6 heteroatoms. The van der Waals surface area contributed by atoms with E-state index in [4.69, 9.17) is 0 Å². The SMILES string of the molecule is CN(c1cc(Br)ccn1)S(C)(=O)=O. The second-order valence-electron chi connectivity index (χ2n) is 2.56. The molecule has 72 valence electrons. The summed E-state index contributed by atoms with van der Waals surface area (Å²) in [4.78, 5) is 3.92. The highest BCUT2D eigenvalue weighted by Gasteiger charge is 2.12. The Morgan fingerprint density at radius 2 is 2.15 bits per heavy atom. The molecule has 0 amide bonds. The fourth-order valence-electron chi connectivity index (χ4n) is 0.736. The Kier molecular flexibility index (Phi) is 2.92. The van der Waals surface area contributed by atoms with E-state index in [2.05, 4.69) is 20.9 Å². The summed E-state index contributed by atoms with van der Waals surface area (Å²) in [5, 5.41) is 0. The molecule has 0 spiro atoms. The average Bonchev–Trinajstić information content (AvgIpc) is 2.01. The second-order valence-corrected chi connectivity index (χ2v) is 5.49. The van der Waals surface area contributed by atoms with Crippen LogP contribution in [-0.2, 0) is 10.0 Å². The largest absolute Gasteiger partial charge is 0.257 e. The summed E-state index contributed by atoms with van der Waals surface area (Å²) in [5.74, 6) is 0.400. The molecule has 0 saturated carbocycles. The van der Waals surface area contributed by atoms with Gasteiger partial charge in [-0.05, 0) is 12.1 Å². The molecule has 0 radical (unpaired) electrons. The smallest absolute Gasteiger partial charge is 0.233 e. The normalized spacial score (nSPS) is 11.3. The molecule has 0 saturated heterocycles. The van der Waals surface area contributed by atoms with Gasteiger partial charge in [0.05, 0.1) is 6.26 Å². The molecular formula is C7H9BrN2O2S. The van der Waals surface area contributed by atoms with Gasteiger partial charge in [-0.1, -0.05) is 15.9 Å². The van der Waals surface area contributed by atoms with Crippen LogP contribution in [-0.4, -0.2) is 26.7 Å². The highest BCUT2D eigenvalue weighted by atomic mass is 79.9. The fourth-order valence-corrected chi connectivity index (χ4v) is 1.50. The summed E-state index contributed by atoms with van der Waals surface area (Å²) in [7, 11) is -1.76. The minimum Gasteiger partial charge on any atom is -0.257 e. The van der Waals surface area contributed by atoms with Crippen molar-refractivity contribution in [2.45, 2.75) is 0 Å². The Morgan fingerprint density at radius 1 is 1.54 bits per heavy atom. The lowest BCUT2D eigenvalue weighted by atomic mass is 10.5. The Hall–Kier alpha value is -0.620. The van der Waals surface area contributed by atoms with Crippen LogP contribution in [0, 0.1) is 0 Å². The third-order valence-corrected chi connectivity index (χ3v) is 3.20. The maximum Gasteiger partial charge on any atom is 0.233 e. The van der Waals surface area contributed by atoms with Gasteiger partial charge in [-0.3, -0.25) is 4.31 Å². The van der Waals surface area contributed by atoms with Crippen LogP contribution in [0.4, 0.5) is 5.82 Å². The number of nitrogens with zero attached hydrogens (tertiary/aromatic N) is 2. The molecule has 0 aromatic carbocycles. The Labute approximate surface area is 85.8 Å². The van der Waals surface area contributed by atoms with Gasteiger partial charge >= 0.3 is 0 Å². The van der Waals surface area contributed by atoms with E-state index in [1.54, 1.807) is 18.3 Å². The summed E-state index contributed by atoms with van der Waals surface area (Å²) >= 11 is 3.24. The number of hydrogen-bond donors (Lipinski definition) is 0. The average molecular weight is 265 g/mol. The number of anilines is 1. The summed E-state index contributed by atoms with van der Waals surface area (Å²) in [5.41, 5.74) is 0. The lowest BCUT2D eigenvalue weighted by molar-refractivity contribution is 0.600. The highest BCUT2D eigenvalue weighted by Crippen LogP contribution is 2.17. The molecule has 0 N–H and O–H groups in total. The summed E-state index contributed by atoms with van der Waals surface area (Å²) in [6, 6.07) is 3.38. The zero-order valence-corrected chi connectivity index (χ0v) is 9.63. The van der Waals surface area contributed by atoms with Crippen LogP contribution in [0.25, 0.3) is 0 Å². The first-order valence-electron chi connectivity index (χ1n) is 3.47. The number of rotatable bonds is 2. The molecule has 13 heavy (non-hydrogen) atoms. The third kappa shape index (κ3) is 2.67. The van der Waals surface area contributed by atoms with E-state index in [9.17, 15) is 8.42 Å². The molecule has 1 aromatic heterocycles. The fraction of sp³-hybridized carbons (Fsp3) is 0.286. The monoisotopic (exact) mass is 264 g/mol. The zero-order valence-electron chi connectivity index (χ0n) is 7.23. The number of halogens is 1. The van der Waals surface area contributed by atoms with E-state index >= 15 is 0 Å². The van der Waals surface area contributed by atoms with Crippen LogP contribution < -0.4 is 4.31 Å². The Bertz CT molecular complexity index is 405. The third-order valence-electron chi connectivity index (χ3n) is 1.53. The quantitative estimate of drug-likeness (QED) is 0.808. The molecule has 0 fully saturated rings. The molecule has 0 aliphatic heterocycles. The van der Waals surface area contributed by atoms with Crippen LogP contribution in [0.1, 0.15) is 0 Å². The van der Waals surface area contributed by atoms with Crippen LogP contribution in [0.3, 0.4) is 0 Å². The summed E-state index contributed by atoms with van der Waals surface area (Å²) < 4.78 is 24.1. The highest BCUT2D eigenvalue weighted by molar-refractivity contribution is 9.10. The van der Waals surface area contributed by atoms with E-state index in [-0.39, 0.29) is 0 Å². The number of hydrogen-bond acceptors (Lipinski definition) is 3. The van der Waals surface area contributed by atoms with Gasteiger partial charge in [0, 0.05) is 17.7 Å². The van der Waals surface area contributed by atoms with Crippen molar-refractivity contribution in [1.29, 1.82) is 0 Å². The molecule has 0 aliphatic carbocycles. The van der Waals surface area contributed by atoms with Crippen molar-refractivity contribution < 1.29 is 8.42 Å². The maximum atomic E-state index is 11.1. The van der Waals surface area contributed by atoms with Gasteiger partial charge < -0.3 is 0 Å². The zero-order chi connectivity index (χ0) is 10.1. The molecular weight excluding hydrogens is 256 g/mol. The number of aromatic nitrogens is 1. The lowest BCUT2D eigenvalue weighted by Gasteiger charge is -2.14. The van der Waals surface area contributed by atoms with Crippen molar-refractivity contribution in [3.05, 3.63) is 22.8 Å². The minimum absolute atomic E-state index is 0.400. The van der Waals surface area contributed by atoms with Gasteiger partial charge in [-0.2, -0.15) is 0 Å². The minimum atomic E-state index is -3.22. The van der Waals surface area contributed by atoms with E-state index in [1.165, 1.54) is 7.05 Å². The van der Waals surface area contributed by atoms with E-state index < -0.39 is 10.0 Å². The summed E-state index contributed by atoms with van der Waals surface area (Å²) in [6.07, 6.45) is 2.68. The Balaban J connectivity index is 3.10. The van der Waals surface area contributed by atoms with Crippen LogP contribution in [0.5, 0.6) is 0 Å². The maximum absolute atomic E-state index is 11.1. The van der Waals surface area contributed by atoms with Crippen molar-refractivity contribution in [1.82, 2.24) is 4.98 Å². The van der Waals surface area contributed by atoms with Gasteiger partial charge in [-0.15, -0.1) is 0 Å². The van der Waals surface area contributed by atoms with Crippen LogP contribution >= 0.6 is 15.9 Å². The van der Waals surface area contributed by atoms with Gasteiger partial charge in [-0.25, -0.2) is 13.4 Å². The van der Waals surface area contributed by atoms with Crippen molar-refractivity contribution in [3.8, 4) is 0 Å². The van der Waals surface area contributed by atoms with Crippen LogP contribution in [0.2, 0.25) is 0 Å². The molecule has 0 unspecified atom stereocenters. The van der Waals surface area contributed by atoms with Crippen molar-refractivity contribution in [2.75, 3.05) is 17.6 Å². The van der Waals surface area contributed by atoms with E-state index in [0.717, 1.165) is 15.0 Å². The standard InChI is InChI=1S/C7H9BrN2O2S/c1-10(13(2,11)12)7-5-6(8)3-4-9-7/h3-5H,1-2H3. The number of pyridine rings is 1. The Morgan fingerprint density at radius 3 is 2.62 bits per heavy atom. The molecule has 1 rings (SSSR count). The second kappa shape index (κ2) is 3.63. The lowest BCUT2D eigenvalue weighted by Crippen LogP contribution is -2.25. The predicted molar refractivity (Wildman–Crippen MR) is 55.2 cm³/mol. The molecule has 0 atom stereocenters. The molecule has 1 aromatic rings. The van der Waals surface area contributed by atoms with E-state index in [1.807, 2.05) is 0 Å². The van der Waals surface area contributed by atoms with Gasteiger partial charge in [0.2, 0.25) is 10.0 Å². The first-order valence-corrected chi connectivity index (χ1v) is 6.11. The van der Waals surface area contributed by atoms with Crippen LogP contribution in [0.15, 0.2) is 22.8 Å². The van der Waals surface area contributed by atoms with Crippen molar-refractivity contribution in [2.24, 2.45) is 0 Å². The summed E-state index contributed by atoms with van der Waals surface area (Å²) in [6.45, 7) is 0.